The van der Waals surface area contributed by atoms with E-state index in [0.717, 1.165) is 22.3 Å². The van der Waals surface area contributed by atoms with Crippen LogP contribution >= 0.6 is 0 Å². The van der Waals surface area contributed by atoms with E-state index in [9.17, 15) is 19.2 Å². The topological polar surface area (TPSA) is 96.5 Å². The summed E-state index contributed by atoms with van der Waals surface area (Å²) >= 11 is 0. The van der Waals surface area contributed by atoms with E-state index in [4.69, 9.17) is 9.47 Å². The Bertz CT molecular complexity index is 1530. The fourth-order valence-corrected chi connectivity index (χ4v) is 5.89. The van der Waals surface area contributed by atoms with Crippen LogP contribution in [0.15, 0.2) is 78.9 Å². The molecule has 0 unspecified atom stereocenters. The maximum absolute atomic E-state index is 14.4. The lowest BCUT2D eigenvalue weighted by Gasteiger charge is -2.37. The highest BCUT2D eigenvalue weighted by Crippen LogP contribution is 2.34. The van der Waals surface area contributed by atoms with Crippen LogP contribution in [-0.2, 0) is 49.7 Å². The molecule has 0 radical (unpaired) electrons. The number of carbonyl (C=O) groups is 4. The van der Waals surface area contributed by atoms with Gasteiger partial charge in [0.25, 0.3) is 0 Å². The summed E-state index contributed by atoms with van der Waals surface area (Å²) in [6, 6.07) is 23.1. The van der Waals surface area contributed by atoms with Crippen molar-refractivity contribution in [2.75, 3.05) is 25.1 Å². The van der Waals surface area contributed by atoms with Crippen molar-refractivity contribution in [2.45, 2.75) is 64.3 Å². The number of benzene rings is 3. The zero-order chi connectivity index (χ0) is 31.4. The number of hydrogen-bond acceptors (Lipinski definition) is 6. The van der Waals surface area contributed by atoms with E-state index in [0.29, 0.717) is 24.9 Å². The van der Waals surface area contributed by atoms with Crippen LogP contribution in [0.2, 0.25) is 0 Å². The Morgan fingerprint density at radius 1 is 0.818 bits per heavy atom. The second-order valence-corrected chi connectivity index (χ2v) is 12.2. The number of ether oxygens (including phenoxy) is 2. The Balaban J connectivity index is 1.44. The largest absolute Gasteiger partial charge is 0.467 e. The number of rotatable bonds is 7. The third-order valence-electron chi connectivity index (χ3n) is 8.04. The summed E-state index contributed by atoms with van der Waals surface area (Å²) in [7, 11) is 1.31. The lowest BCUT2D eigenvalue weighted by molar-refractivity contribution is -0.155. The van der Waals surface area contributed by atoms with Crippen LogP contribution in [-0.4, -0.2) is 71.6 Å². The summed E-state index contributed by atoms with van der Waals surface area (Å²) in [5, 5.41) is 0. The van der Waals surface area contributed by atoms with Gasteiger partial charge in [0.05, 0.1) is 19.3 Å². The summed E-state index contributed by atoms with van der Waals surface area (Å²) in [5.41, 5.74) is 3.65. The van der Waals surface area contributed by atoms with Gasteiger partial charge in [0.1, 0.15) is 17.7 Å². The van der Waals surface area contributed by atoms with Crippen molar-refractivity contribution in [3.05, 3.63) is 101 Å². The van der Waals surface area contributed by atoms with Gasteiger partial charge in [0.2, 0.25) is 11.8 Å². The number of amides is 3. The van der Waals surface area contributed by atoms with Gasteiger partial charge in [0, 0.05) is 25.9 Å². The molecule has 0 aliphatic carbocycles. The molecule has 0 saturated heterocycles. The molecule has 0 saturated carbocycles. The fraction of sp³-hybridized carbons (Fsp3) is 0.371. The Labute approximate surface area is 258 Å². The molecule has 0 aromatic heterocycles. The first kappa shape index (κ1) is 30.8. The molecule has 9 heteroatoms. The van der Waals surface area contributed by atoms with Crippen molar-refractivity contribution in [3.8, 4) is 0 Å². The average Bonchev–Trinajstić information content (AvgIpc) is 3.41. The summed E-state index contributed by atoms with van der Waals surface area (Å²) in [6.45, 7) is 5.57. The Hall–Kier alpha value is -4.66. The van der Waals surface area contributed by atoms with Gasteiger partial charge < -0.3 is 19.3 Å². The van der Waals surface area contributed by atoms with Gasteiger partial charge in [-0.2, -0.15) is 0 Å². The van der Waals surface area contributed by atoms with Crippen molar-refractivity contribution in [1.29, 1.82) is 0 Å². The minimum Gasteiger partial charge on any atom is -0.467 e. The van der Waals surface area contributed by atoms with Crippen molar-refractivity contribution < 1.29 is 28.7 Å². The molecule has 3 amide bonds. The van der Waals surface area contributed by atoms with E-state index in [2.05, 4.69) is 0 Å². The van der Waals surface area contributed by atoms with Crippen LogP contribution in [0, 0.1) is 0 Å². The van der Waals surface area contributed by atoms with E-state index in [1.54, 1.807) is 26.8 Å². The molecular weight excluding hydrogens is 558 g/mol. The van der Waals surface area contributed by atoms with Crippen LogP contribution < -0.4 is 4.90 Å². The standard InChI is InChI=1S/C35H39N3O6/c1-35(2,3)44-34(42)38-28-17-11-10-15-26(28)21-29(38)32(40)36(19-18-24-12-6-5-7-13-24)23-31(39)37-22-27-16-9-8-14-25(27)20-30(37)33(41)43-4/h5-17,29-30H,18-23H2,1-4H3/t29-,30-/m1/s1. The third kappa shape index (κ3) is 6.77. The number of esters is 1. The summed E-state index contributed by atoms with van der Waals surface area (Å²) in [6.07, 6.45) is 0.520. The number of carbonyl (C=O) groups excluding carboxylic acids is 4. The normalized spacial score (nSPS) is 17.4. The zero-order valence-electron chi connectivity index (χ0n) is 25.7. The monoisotopic (exact) mass is 597 g/mol. The van der Waals surface area contributed by atoms with E-state index in [1.165, 1.54) is 21.8 Å². The van der Waals surface area contributed by atoms with Gasteiger partial charge in [0.15, 0.2) is 0 Å². The van der Waals surface area contributed by atoms with Crippen LogP contribution in [0.25, 0.3) is 0 Å². The molecule has 0 fully saturated rings. The van der Waals surface area contributed by atoms with Gasteiger partial charge >= 0.3 is 12.1 Å². The molecule has 0 spiro atoms. The molecule has 9 nitrogen and oxygen atoms in total. The van der Waals surface area contributed by atoms with Gasteiger partial charge in [-0.25, -0.2) is 9.59 Å². The molecule has 0 bridgehead atoms. The molecule has 2 heterocycles. The van der Waals surface area contributed by atoms with Crippen molar-refractivity contribution in [3.63, 3.8) is 0 Å². The number of nitrogens with zero attached hydrogens (tertiary/aromatic N) is 3. The molecule has 0 N–H and O–H groups in total. The lowest BCUT2D eigenvalue weighted by Crippen LogP contribution is -2.56. The van der Waals surface area contributed by atoms with E-state index < -0.39 is 29.7 Å². The van der Waals surface area contributed by atoms with Gasteiger partial charge in [-0.15, -0.1) is 0 Å². The van der Waals surface area contributed by atoms with E-state index in [-0.39, 0.29) is 31.4 Å². The first-order valence-electron chi connectivity index (χ1n) is 14.9. The maximum atomic E-state index is 14.4. The van der Waals surface area contributed by atoms with Gasteiger partial charge in [-0.05, 0) is 55.5 Å². The minimum absolute atomic E-state index is 0.231. The predicted octanol–water partition coefficient (Wildman–Crippen LogP) is 4.55. The Kier molecular flexibility index (Phi) is 9.04. The molecule has 2 atom stereocenters. The molecule has 3 aromatic rings. The van der Waals surface area contributed by atoms with Crippen LogP contribution in [0.1, 0.15) is 43.0 Å². The van der Waals surface area contributed by atoms with Crippen LogP contribution in [0.4, 0.5) is 10.5 Å². The number of methoxy groups -OCH3 is 1. The molecule has 230 valence electrons. The number of fused-ring (bicyclic) bond motifs is 2. The molecule has 2 aliphatic heterocycles. The Morgan fingerprint density at radius 2 is 1.43 bits per heavy atom. The van der Waals surface area contributed by atoms with E-state index >= 15 is 0 Å². The van der Waals surface area contributed by atoms with Crippen molar-refractivity contribution >= 4 is 29.6 Å². The van der Waals surface area contributed by atoms with E-state index in [1.807, 2.05) is 72.8 Å². The molecular formula is C35H39N3O6. The number of anilines is 1. The summed E-state index contributed by atoms with van der Waals surface area (Å²) in [4.78, 5) is 59.2. The Morgan fingerprint density at radius 3 is 2.11 bits per heavy atom. The highest BCUT2D eigenvalue weighted by molar-refractivity contribution is 6.01. The minimum atomic E-state index is -0.885. The first-order valence-corrected chi connectivity index (χ1v) is 14.9. The summed E-state index contributed by atoms with van der Waals surface area (Å²) in [5.74, 6) is -1.23. The quantitative estimate of drug-likeness (QED) is 0.371. The van der Waals surface area contributed by atoms with Crippen LogP contribution in [0.5, 0.6) is 0 Å². The fourth-order valence-electron chi connectivity index (χ4n) is 5.89. The second-order valence-electron chi connectivity index (χ2n) is 12.2. The number of para-hydroxylation sites is 1. The van der Waals surface area contributed by atoms with Gasteiger partial charge in [-0.1, -0.05) is 72.8 Å². The predicted molar refractivity (Wildman–Crippen MR) is 166 cm³/mol. The second kappa shape index (κ2) is 12.9. The van der Waals surface area contributed by atoms with Gasteiger partial charge in [-0.3, -0.25) is 14.5 Å². The third-order valence-corrected chi connectivity index (χ3v) is 8.04. The molecule has 5 rings (SSSR count). The highest BCUT2D eigenvalue weighted by atomic mass is 16.6. The molecule has 2 aliphatic rings. The summed E-state index contributed by atoms with van der Waals surface area (Å²) < 4.78 is 10.8. The average molecular weight is 598 g/mol. The lowest BCUT2D eigenvalue weighted by atomic mass is 9.94. The van der Waals surface area contributed by atoms with Crippen LogP contribution in [0.3, 0.4) is 0 Å². The SMILES string of the molecule is COC(=O)[C@H]1Cc2ccccc2CN1C(=O)CN(CCc1ccccc1)C(=O)[C@H]1Cc2ccccc2N1C(=O)OC(C)(C)C. The van der Waals surface area contributed by atoms with Crippen molar-refractivity contribution in [1.82, 2.24) is 9.80 Å². The maximum Gasteiger partial charge on any atom is 0.415 e. The molecule has 3 aromatic carbocycles. The number of hydrogen-bond donors (Lipinski definition) is 0. The molecule has 44 heavy (non-hydrogen) atoms. The van der Waals surface area contributed by atoms with Crippen molar-refractivity contribution in [2.24, 2.45) is 0 Å². The first-order chi connectivity index (χ1) is 21.1. The highest BCUT2D eigenvalue weighted by Gasteiger charge is 2.43. The smallest absolute Gasteiger partial charge is 0.415 e. The zero-order valence-corrected chi connectivity index (χ0v) is 25.7.